The van der Waals surface area contributed by atoms with E-state index in [4.69, 9.17) is 10.5 Å². The lowest BCUT2D eigenvalue weighted by molar-refractivity contribution is -0.137. The normalized spacial score (nSPS) is 11.5. The fourth-order valence-corrected chi connectivity index (χ4v) is 3.40. The van der Waals surface area contributed by atoms with Crippen LogP contribution in [-0.4, -0.2) is 34.0 Å². The predicted octanol–water partition coefficient (Wildman–Crippen LogP) is 4.58. The number of aromatic nitrogens is 3. The van der Waals surface area contributed by atoms with E-state index in [2.05, 4.69) is 15.3 Å². The molecule has 0 saturated carbocycles. The quantitative estimate of drug-likeness (QED) is 0.370. The van der Waals surface area contributed by atoms with Crippen LogP contribution in [0.15, 0.2) is 54.7 Å². The highest BCUT2D eigenvalue weighted by atomic mass is 19.4. The standard InChI is InChI=1S/C23H20F4N6O2/c1-32(12-20(28)34)21-11-15(7-8-29-21)35-14-4-6-19-18(10-14)31-22(33(19)2)30-17-9-13(23(25,26)27)3-5-16(17)24/h3-11H,12H2,1-2H3,(H2,28,34)(H,30,31). The van der Waals surface area contributed by atoms with Gasteiger partial charge in [-0.3, -0.25) is 4.79 Å². The van der Waals surface area contributed by atoms with Gasteiger partial charge in [-0.25, -0.2) is 14.4 Å². The van der Waals surface area contributed by atoms with E-state index in [-0.39, 0.29) is 18.2 Å². The van der Waals surface area contributed by atoms with E-state index in [1.807, 2.05) is 0 Å². The van der Waals surface area contributed by atoms with Crippen molar-refractivity contribution in [1.29, 1.82) is 0 Å². The SMILES string of the molecule is CN(CC(N)=O)c1cc(Oc2ccc3c(c2)nc(Nc2cc(C(F)(F)F)ccc2F)n3C)ccn1. The minimum absolute atomic E-state index is 0.0153. The fraction of sp³-hybridized carbons (Fsp3) is 0.174. The second-order valence-corrected chi connectivity index (χ2v) is 7.74. The molecule has 8 nitrogen and oxygen atoms in total. The number of primary amides is 1. The molecule has 35 heavy (non-hydrogen) atoms. The lowest BCUT2D eigenvalue weighted by atomic mass is 10.2. The first-order valence-corrected chi connectivity index (χ1v) is 10.2. The van der Waals surface area contributed by atoms with Crippen molar-refractivity contribution in [2.75, 3.05) is 23.8 Å². The molecule has 12 heteroatoms. The number of benzene rings is 2. The van der Waals surface area contributed by atoms with Crippen LogP contribution in [0.4, 0.5) is 35.0 Å². The molecule has 0 fully saturated rings. The molecule has 2 aromatic carbocycles. The zero-order chi connectivity index (χ0) is 25.3. The number of rotatable bonds is 7. The molecule has 0 radical (unpaired) electrons. The zero-order valence-corrected chi connectivity index (χ0v) is 18.6. The van der Waals surface area contributed by atoms with Gasteiger partial charge in [-0.2, -0.15) is 13.2 Å². The van der Waals surface area contributed by atoms with E-state index in [0.717, 1.165) is 6.07 Å². The molecule has 4 rings (SSSR count). The first kappa shape index (κ1) is 23.8. The molecule has 182 valence electrons. The Morgan fingerprint density at radius 2 is 1.89 bits per heavy atom. The summed E-state index contributed by atoms with van der Waals surface area (Å²) in [5.74, 6) is 0.164. The molecule has 0 atom stereocenters. The van der Waals surface area contributed by atoms with Gasteiger partial charge >= 0.3 is 6.18 Å². The third-order valence-corrected chi connectivity index (χ3v) is 5.13. The first-order chi connectivity index (χ1) is 16.5. The van der Waals surface area contributed by atoms with Gasteiger partial charge in [0.15, 0.2) is 0 Å². The maximum Gasteiger partial charge on any atom is 0.416 e. The van der Waals surface area contributed by atoms with Gasteiger partial charge in [-0.05, 0) is 36.4 Å². The van der Waals surface area contributed by atoms with E-state index in [1.165, 1.54) is 6.20 Å². The summed E-state index contributed by atoms with van der Waals surface area (Å²) in [5, 5.41) is 2.63. The highest BCUT2D eigenvalue weighted by Gasteiger charge is 2.31. The Morgan fingerprint density at radius 1 is 1.14 bits per heavy atom. The number of halogens is 4. The molecule has 0 unspecified atom stereocenters. The number of nitrogens with one attached hydrogen (secondary N) is 1. The summed E-state index contributed by atoms with van der Waals surface area (Å²) >= 11 is 0. The third kappa shape index (κ3) is 5.26. The summed E-state index contributed by atoms with van der Waals surface area (Å²) in [7, 11) is 3.31. The Morgan fingerprint density at radius 3 is 2.60 bits per heavy atom. The van der Waals surface area contributed by atoms with Crippen LogP contribution in [0.3, 0.4) is 0 Å². The number of ether oxygens (including phenoxy) is 1. The predicted molar refractivity (Wildman–Crippen MR) is 122 cm³/mol. The van der Waals surface area contributed by atoms with Crippen LogP contribution >= 0.6 is 0 Å². The number of alkyl halides is 3. The summed E-state index contributed by atoms with van der Waals surface area (Å²) in [6, 6.07) is 10.4. The number of likely N-dealkylation sites (N-methyl/N-ethyl adjacent to an activating group) is 1. The van der Waals surface area contributed by atoms with Crippen molar-refractivity contribution in [2.45, 2.75) is 6.18 Å². The van der Waals surface area contributed by atoms with Crippen molar-refractivity contribution in [3.63, 3.8) is 0 Å². The fourth-order valence-electron chi connectivity index (χ4n) is 3.40. The van der Waals surface area contributed by atoms with Crippen LogP contribution in [0, 0.1) is 5.82 Å². The van der Waals surface area contributed by atoms with Gasteiger partial charge in [0.25, 0.3) is 0 Å². The van der Waals surface area contributed by atoms with E-state index in [0.29, 0.717) is 40.5 Å². The molecule has 0 spiro atoms. The van der Waals surface area contributed by atoms with E-state index in [9.17, 15) is 22.4 Å². The highest BCUT2D eigenvalue weighted by molar-refractivity contribution is 5.81. The van der Waals surface area contributed by atoms with Crippen molar-refractivity contribution >= 4 is 34.4 Å². The number of hydrogen-bond donors (Lipinski definition) is 2. The minimum atomic E-state index is -4.61. The Bertz CT molecular complexity index is 1400. The molecule has 2 aromatic heterocycles. The number of nitrogens with two attached hydrogens (primary N) is 1. The average molecular weight is 488 g/mol. The maximum absolute atomic E-state index is 14.2. The Labute approximate surface area is 196 Å². The van der Waals surface area contributed by atoms with Crippen LogP contribution < -0.4 is 20.7 Å². The van der Waals surface area contributed by atoms with Crippen molar-refractivity contribution in [3.05, 3.63) is 66.1 Å². The average Bonchev–Trinajstić information content (AvgIpc) is 3.08. The monoisotopic (exact) mass is 488 g/mol. The zero-order valence-electron chi connectivity index (χ0n) is 18.6. The van der Waals surface area contributed by atoms with Gasteiger partial charge in [0.05, 0.1) is 28.8 Å². The number of hydrogen-bond acceptors (Lipinski definition) is 6. The largest absolute Gasteiger partial charge is 0.457 e. The van der Waals surface area contributed by atoms with E-state index < -0.39 is 23.5 Å². The molecule has 3 N–H and O–H groups in total. The lowest BCUT2D eigenvalue weighted by Gasteiger charge is -2.16. The maximum atomic E-state index is 14.2. The molecule has 0 aliphatic rings. The highest BCUT2D eigenvalue weighted by Crippen LogP contribution is 2.33. The number of carbonyl (C=O) groups is 1. The lowest BCUT2D eigenvalue weighted by Crippen LogP contribution is -2.30. The summed E-state index contributed by atoms with van der Waals surface area (Å²) in [6.07, 6.45) is -3.09. The number of aryl methyl sites for hydroxylation is 1. The molecule has 0 bridgehead atoms. The third-order valence-electron chi connectivity index (χ3n) is 5.13. The van der Waals surface area contributed by atoms with E-state index >= 15 is 0 Å². The number of imidazole rings is 1. The molecule has 1 amide bonds. The summed E-state index contributed by atoms with van der Waals surface area (Å²) in [5.41, 5.74) is 5.01. The summed E-state index contributed by atoms with van der Waals surface area (Å²) < 4.78 is 60.7. The smallest absolute Gasteiger partial charge is 0.416 e. The van der Waals surface area contributed by atoms with Crippen LogP contribution in [0.1, 0.15) is 5.56 Å². The first-order valence-electron chi connectivity index (χ1n) is 10.2. The van der Waals surface area contributed by atoms with Gasteiger partial charge in [-0.1, -0.05) is 0 Å². The van der Waals surface area contributed by atoms with Crippen molar-refractivity contribution in [2.24, 2.45) is 12.8 Å². The topological polar surface area (TPSA) is 98.3 Å². The van der Waals surface area contributed by atoms with Crippen LogP contribution in [0.25, 0.3) is 11.0 Å². The van der Waals surface area contributed by atoms with Crippen LogP contribution in [0.5, 0.6) is 11.5 Å². The Kier molecular flexibility index (Phi) is 6.20. The minimum Gasteiger partial charge on any atom is -0.457 e. The van der Waals surface area contributed by atoms with Gasteiger partial charge in [0, 0.05) is 32.4 Å². The Hall–Kier alpha value is -4.35. The van der Waals surface area contributed by atoms with Gasteiger partial charge in [0.2, 0.25) is 11.9 Å². The second-order valence-electron chi connectivity index (χ2n) is 7.74. The van der Waals surface area contributed by atoms with Crippen molar-refractivity contribution in [1.82, 2.24) is 14.5 Å². The number of amides is 1. The molecular weight excluding hydrogens is 468 g/mol. The van der Waals surface area contributed by atoms with Crippen LogP contribution in [-0.2, 0) is 18.0 Å². The molecule has 0 aliphatic heterocycles. The summed E-state index contributed by atoms with van der Waals surface area (Å²) in [4.78, 5) is 21.3. The van der Waals surface area contributed by atoms with Crippen molar-refractivity contribution in [3.8, 4) is 11.5 Å². The molecule has 0 saturated heterocycles. The van der Waals surface area contributed by atoms with Crippen LogP contribution in [0.2, 0.25) is 0 Å². The number of anilines is 3. The van der Waals surface area contributed by atoms with Gasteiger partial charge in [0.1, 0.15) is 23.1 Å². The number of pyridine rings is 1. The van der Waals surface area contributed by atoms with Gasteiger partial charge in [-0.15, -0.1) is 0 Å². The van der Waals surface area contributed by atoms with Crippen molar-refractivity contribution < 1.29 is 27.1 Å². The Balaban J connectivity index is 1.59. The number of nitrogens with zero attached hydrogens (tertiary/aromatic N) is 4. The molecule has 2 heterocycles. The molecule has 4 aromatic rings. The summed E-state index contributed by atoms with van der Waals surface area (Å²) in [6.45, 7) is -0.0153. The molecular formula is C23H20F4N6O2. The number of carbonyl (C=O) groups excluding carboxylic acids is 1. The number of fused-ring (bicyclic) bond motifs is 1. The van der Waals surface area contributed by atoms with Gasteiger partial charge < -0.3 is 25.3 Å². The second kappa shape index (κ2) is 9.12. The molecule has 0 aliphatic carbocycles. The van der Waals surface area contributed by atoms with E-state index in [1.54, 1.807) is 53.9 Å².